The number of rotatable bonds is 4. The summed E-state index contributed by atoms with van der Waals surface area (Å²) in [5, 5.41) is 0. The van der Waals surface area contributed by atoms with Gasteiger partial charge in [-0.1, -0.05) is 12.1 Å². The molecule has 0 unspecified atom stereocenters. The van der Waals surface area contributed by atoms with Gasteiger partial charge in [-0.25, -0.2) is 16.8 Å². The second kappa shape index (κ2) is 6.59. The maximum absolute atomic E-state index is 12.8. The summed E-state index contributed by atoms with van der Waals surface area (Å²) in [6, 6.07) is 10.1. The summed E-state index contributed by atoms with van der Waals surface area (Å²) < 4.78 is 53.6. The van der Waals surface area contributed by atoms with Crippen LogP contribution in [-0.4, -0.2) is 29.1 Å². The molecular formula is C18H22N2O4S2. The Bertz CT molecular complexity index is 1060. The van der Waals surface area contributed by atoms with Gasteiger partial charge >= 0.3 is 0 Å². The Morgan fingerprint density at radius 2 is 1.77 bits per heavy atom. The molecule has 1 fully saturated rings. The summed E-state index contributed by atoms with van der Waals surface area (Å²) in [7, 11) is -6.99. The van der Waals surface area contributed by atoms with Crippen molar-refractivity contribution in [2.24, 2.45) is 0 Å². The summed E-state index contributed by atoms with van der Waals surface area (Å²) in [4.78, 5) is 0.239. The second-order valence-corrected chi connectivity index (χ2v) is 10.2. The Hall–Kier alpha value is -2.06. The maximum Gasteiger partial charge on any atom is 0.262 e. The number of nitrogens with zero attached hydrogens (tertiary/aromatic N) is 1. The lowest BCUT2D eigenvalue weighted by Gasteiger charge is -2.19. The van der Waals surface area contributed by atoms with Crippen molar-refractivity contribution in [3.8, 4) is 0 Å². The molecule has 0 aromatic heterocycles. The molecule has 2 aromatic rings. The third-order valence-electron chi connectivity index (χ3n) is 4.69. The minimum Gasteiger partial charge on any atom is -0.279 e. The first-order valence-corrected chi connectivity index (χ1v) is 11.4. The molecule has 1 N–H and O–H groups in total. The Morgan fingerprint density at radius 1 is 1.04 bits per heavy atom. The molecule has 0 amide bonds. The standard InChI is InChI=1S/C18H22N2O4S2/c1-13-6-4-7-18(15(13)3)26(23,24)19-17-9-8-16(12-14(17)2)20-10-5-11-25(20,21)22/h4,6-9,12,19H,5,10-11H2,1-3H3. The number of hydrogen-bond acceptors (Lipinski definition) is 4. The molecule has 2 aromatic carbocycles. The highest BCUT2D eigenvalue weighted by Gasteiger charge is 2.28. The normalized spacial score (nSPS) is 16.7. The molecule has 0 spiro atoms. The molecule has 0 saturated carbocycles. The monoisotopic (exact) mass is 394 g/mol. The quantitative estimate of drug-likeness (QED) is 0.864. The van der Waals surface area contributed by atoms with Crippen LogP contribution in [0.3, 0.4) is 0 Å². The number of sulfonamides is 2. The molecule has 1 aliphatic heterocycles. The average molecular weight is 395 g/mol. The number of anilines is 2. The highest BCUT2D eigenvalue weighted by atomic mass is 32.2. The highest BCUT2D eigenvalue weighted by Crippen LogP contribution is 2.29. The van der Waals surface area contributed by atoms with Gasteiger partial charge in [0.1, 0.15) is 0 Å². The summed E-state index contributed by atoms with van der Waals surface area (Å²) in [6.45, 7) is 5.85. The van der Waals surface area contributed by atoms with Gasteiger partial charge in [-0.05, 0) is 68.1 Å². The van der Waals surface area contributed by atoms with E-state index in [4.69, 9.17) is 0 Å². The maximum atomic E-state index is 12.8. The first kappa shape index (κ1) is 18.7. The highest BCUT2D eigenvalue weighted by molar-refractivity contribution is 7.93. The van der Waals surface area contributed by atoms with Crippen LogP contribution in [0.1, 0.15) is 23.1 Å². The lowest BCUT2D eigenvalue weighted by Crippen LogP contribution is -2.25. The van der Waals surface area contributed by atoms with Gasteiger partial charge in [-0.15, -0.1) is 0 Å². The molecular weight excluding hydrogens is 372 g/mol. The van der Waals surface area contributed by atoms with E-state index in [1.165, 1.54) is 4.31 Å². The summed E-state index contributed by atoms with van der Waals surface area (Å²) in [6.07, 6.45) is 0.600. The van der Waals surface area contributed by atoms with Crippen molar-refractivity contribution < 1.29 is 16.8 Å². The van der Waals surface area contributed by atoms with Crippen molar-refractivity contribution in [2.75, 3.05) is 21.3 Å². The lowest BCUT2D eigenvalue weighted by molar-refractivity contribution is 0.598. The third-order valence-corrected chi connectivity index (χ3v) is 8.07. The zero-order valence-corrected chi connectivity index (χ0v) is 16.6. The van der Waals surface area contributed by atoms with E-state index in [1.807, 2.05) is 13.0 Å². The van der Waals surface area contributed by atoms with Crippen LogP contribution in [0.4, 0.5) is 11.4 Å². The van der Waals surface area contributed by atoms with Gasteiger partial charge < -0.3 is 0 Å². The molecule has 6 nitrogen and oxygen atoms in total. The van der Waals surface area contributed by atoms with Crippen LogP contribution < -0.4 is 9.03 Å². The molecule has 3 rings (SSSR count). The molecule has 0 radical (unpaired) electrons. The van der Waals surface area contributed by atoms with E-state index in [1.54, 1.807) is 44.2 Å². The Kier molecular flexibility index (Phi) is 4.74. The predicted octanol–water partition coefficient (Wildman–Crippen LogP) is 2.95. The SMILES string of the molecule is Cc1cc(N2CCCS2(=O)=O)ccc1NS(=O)(=O)c1cccc(C)c1C. The van der Waals surface area contributed by atoms with E-state index in [9.17, 15) is 16.8 Å². The van der Waals surface area contributed by atoms with Crippen LogP contribution in [0.5, 0.6) is 0 Å². The van der Waals surface area contributed by atoms with Crippen molar-refractivity contribution in [1.82, 2.24) is 0 Å². The predicted molar refractivity (Wildman–Crippen MR) is 104 cm³/mol. The van der Waals surface area contributed by atoms with Crippen molar-refractivity contribution in [3.05, 3.63) is 53.1 Å². The Balaban J connectivity index is 1.92. The first-order chi connectivity index (χ1) is 12.1. The van der Waals surface area contributed by atoms with Gasteiger partial charge in [0.05, 0.1) is 22.0 Å². The lowest BCUT2D eigenvalue weighted by atomic mass is 10.1. The number of hydrogen-bond donors (Lipinski definition) is 1. The van der Waals surface area contributed by atoms with Crippen LogP contribution in [0.25, 0.3) is 0 Å². The van der Waals surface area contributed by atoms with Crippen LogP contribution in [0.15, 0.2) is 41.3 Å². The summed E-state index contributed by atoms with van der Waals surface area (Å²) >= 11 is 0. The van der Waals surface area contributed by atoms with E-state index in [0.29, 0.717) is 35.5 Å². The second-order valence-electron chi connectivity index (χ2n) is 6.54. The fraction of sp³-hybridized carbons (Fsp3) is 0.333. The van der Waals surface area contributed by atoms with Crippen LogP contribution in [0, 0.1) is 20.8 Å². The van der Waals surface area contributed by atoms with E-state index in [-0.39, 0.29) is 10.6 Å². The van der Waals surface area contributed by atoms with Gasteiger partial charge in [0, 0.05) is 6.54 Å². The molecule has 1 saturated heterocycles. The minimum atomic E-state index is -3.73. The number of benzene rings is 2. The van der Waals surface area contributed by atoms with Crippen molar-refractivity contribution in [2.45, 2.75) is 32.1 Å². The van der Waals surface area contributed by atoms with Crippen LogP contribution >= 0.6 is 0 Å². The molecule has 1 aliphatic rings. The fourth-order valence-electron chi connectivity index (χ4n) is 3.06. The minimum absolute atomic E-state index is 0.146. The molecule has 0 aliphatic carbocycles. The van der Waals surface area contributed by atoms with Gasteiger partial charge in [0.15, 0.2) is 0 Å². The van der Waals surface area contributed by atoms with E-state index < -0.39 is 20.0 Å². The van der Waals surface area contributed by atoms with Crippen LogP contribution in [-0.2, 0) is 20.0 Å². The topological polar surface area (TPSA) is 83.6 Å². The zero-order chi connectivity index (χ0) is 19.1. The Morgan fingerprint density at radius 3 is 2.38 bits per heavy atom. The number of aryl methyl sites for hydroxylation is 2. The van der Waals surface area contributed by atoms with Crippen LogP contribution in [0.2, 0.25) is 0 Å². The van der Waals surface area contributed by atoms with E-state index in [0.717, 1.165) is 5.56 Å². The Labute approximate surface area is 155 Å². The van der Waals surface area contributed by atoms with E-state index in [2.05, 4.69) is 4.72 Å². The number of nitrogens with one attached hydrogen (secondary N) is 1. The van der Waals surface area contributed by atoms with E-state index >= 15 is 0 Å². The summed E-state index contributed by atoms with van der Waals surface area (Å²) in [5.41, 5.74) is 3.27. The third kappa shape index (κ3) is 3.43. The molecule has 140 valence electrons. The average Bonchev–Trinajstić information content (AvgIpc) is 2.91. The van der Waals surface area contributed by atoms with Gasteiger partial charge in [-0.3, -0.25) is 9.03 Å². The first-order valence-electron chi connectivity index (χ1n) is 8.32. The largest absolute Gasteiger partial charge is 0.279 e. The molecule has 0 atom stereocenters. The van der Waals surface area contributed by atoms with Gasteiger partial charge in [0.25, 0.3) is 10.0 Å². The molecule has 0 bridgehead atoms. The smallest absolute Gasteiger partial charge is 0.262 e. The van der Waals surface area contributed by atoms with Crippen molar-refractivity contribution in [1.29, 1.82) is 0 Å². The van der Waals surface area contributed by atoms with Gasteiger partial charge in [-0.2, -0.15) is 0 Å². The summed E-state index contributed by atoms with van der Waals surface area (Å²) in [5.74, 6) is 0.146. The molecule has 26 heavy (non-hydrogen) atoms. The van der Waals surface area contributed by atoms with Crippen molar-refractivity contribution in [3.63, 3.8) is 0 Å². The van der Waals surface area contributed by atoms with Crippen molar-refractivity contribution >= 4 is 31.4 Å². The fourth-order valence-corrected chi connectivity index (χ4v) is 6.07. The molecule has 8 heteroatoms. The van der Waals surface area contributed by atoms with Gasteiger partial charge in [0.2, 0.25) is 10.0 Å². The zero-order valence-electron chi connectivity index (χ0n) is 15.0. The molecule has 1 heterocycles.